The second kappa shape index (κ2) is 12.4. The molecule has 13 heteroatoms. The van der Waals surface area contributed by atoms with E-state index in [1.807, 2.05) is 0 Å². The third-order valence-electron chi connectivity index (χ3n) is 5.63. The highest BCUT2D eigenvalue weighted by molar-refractivity contribution is 8.15. The zero-order valence-electron chi connectivity index (χ0n) is 19.5. The molecular weight excluding hydrogens is 516 g/mol. The molecule has 2 fully saturated rings. The first-order chi connectivity index (χ1) is 17.8. The molecule has 0 aliphatic carbocycles. The summed E-state index contributed by atoms with van der Waals surface area (Å²) in [7, 11) is 0. The molecule has 1 atom stereocenters. The van der Waals surface area contributed by atoms with E-state index in [0.717, 1.165) is 37.0 Å². The Morgan fingerprint density at radius 2 is 1.86 bits per heavy atom. The van der Waals surface area contributed by atoms with Gasteiger partial charge < -0.3 is 14.8 Å². The number of anilines is 1. The molecule has 0 unspecified atom stereocenters. The molecule has 0 radical (unpaired) electrons. The van der Waals surface area contributed by atoms with E-state index in [9.17, 15) is 27.2 Å². The SMILES string of the molecule is O=C(C[C@H]1SC(=Nc2ccc(OC(F)F)cc2)N(CCN2CCOCC2)C1=O)Nc1ccc(F)cc1F. The van der Waals surface area contributed by atoms with Crippen LogP contribution >= 0.6 is 11.8 Å². The predicted molar refractivity (Wildman–Crippen MR) is 130 cm³/mol. The van der Waals surface area contributed by atoms with Crippen molar-refractivity contribution < 1.29 is 36.6 Å². The molecule has 0 aromatic heterocycles. The van der Waals surface area contributed by atoms with Crippen LogP contribution in [-0.2, 0) is 14.3 Å². The van der Waals surface area contributed by atoms with Gasteiger partial charge in [-0.1, -0.05) is 11.8 Å². The van der Waals surface area contributed by atoms with E-state index in [4.69, 9.17) is 4.74 Å². The van der Waals surface area contributed by atoms with Crippen molar-refractivity contribution in [1.82, 2.24) is 9.80 Å². The number of ether oxygens (including phenoxy) is 2. The number of nitrogens with one attached hydrogen (secondary N) is 1. The molecule has 0 bridgehead atoms. The van der Waals surface area contributed by atoms with E-state index in [1.54, 1.807) is 0 Å². The van der Waals surface area contributed by atoms with E-state index in [1.165, 1.54) is 29.2 Å². The molecule has 2 amide bonds. The normalized spacial score (nSPS) is 19.6. The molecular formula is C24H24F4N4O4S. The van der Waals surface area contributed by atoms with Crippen molar-refractivity contribution in [2.75, 3.05) is 44.7 Å². The van der Waals surface area contributed by atoms with Gasteiger partial charge in [0.15, 0.2) is 5.17 Å². The molecule has 1 N–H and O–H groups in total. The maximum absolute atomic E-state index is 13.9. The summed E-state index contributed by atoms with van der Waals surface area (Å²) in [5.41, 5.74) is 0.220. The number of alkyl halides is 2. The Balaban J connectivity index is 1.47. The monoisotopic (exact) mass is 540 g/mol. The molecule has 198 valence electrons. The van der Waals surface area contributed by atoms with Gasteiger partial charge in [0.25, 0.3) is 0 Å². The molecule has 4 rings (SSSR count). The lowest BCUT2D eigenvalue weighted by Crippen LogP contribution is -2.43. The Morgan fingerprint density at radius 1 is 1.14 bits per heavy atom. The predicted octanol–water partition coefficient (Wildman–Crippen LogP) is 3.86. The highest BCUT2D eigenvalue weighted by atomic mass is 32.2. The van der Waals surface area contributed by atoms with Crippen LogP contribution < -0.4 is 10.1 Å². The highest BCUT2D eigenvalue weighted by Crippen LogP contribution is 2.32. The molecule has 0 saturated carbocycles. The van der Waals surface area contributed by atoms with E-state index in [0.29, 0.717) is 43.2 Å². The fourth-order valence-electron chi connectivity index (χ4n) is 3.77. The number of thioether (sulfide) groups is 1. The number of amidine groups is 1. The van der Waals surface area contributed by atoms with E-state index in [-0.39, 0.29) is 23.8 Å². The van der Waals surface area contributed by atoms with Gasteiger partial charge in [-0.15, -0.1) is 0 Å². The molecule has 2 aromatic carbocycles. The number of morpholine rings is 1. The average molecular weight is 541 g/mol. The van der Waals surface area contributed by atoms with Gasteiger partial charge in [0.05, 0.1) is 24.6 Å². The Labute approximate surface area is 214 Å². The van der Waals surface area contributed by atoms with Crippen LogP contribution in [0.15, 0.2) is 47.5 Å². The number of carbonyl (C=O) groups is 2. The summed E-state index contributed by atoms with van der Waals surface area (Å²) in [6.07, 6.45) is -0.255. The van der Waals surface area contributed by atoms with Crippen molar-refractivity contribution >= 4 is 40.1 Å². The quantitative estimate of drug-likeness (QED) is 0.487. The summed E-state index contributed by atoms with van der Waals surface area (Å²) in [5.74, 6) is -2.67. The minimum Gasteiger partial charge on any atom is -0.435 e. The van der Waals surface area contributed by atoms with Gasteiger partial charge in [-0.05, 0) is 36.4 Å². The third-order valence-corrected chi connectivity index (χ3v) is 6.80. The molecule has 2 saturated heterocycles. The van der Waals surface area contributed by atoms with Gasteiger partial charge in [-0.25, -0.2) is 13.8 Å². The Hall–Kier alpha value is -3.16. The summed E-state index contributed by atoms with van der Waals surface area (Å²) in [5, 5.41) is 1.91. The third kappa shape index (κ3) is 7.43. The second-order valence-corrected chi connectivity index (χ2v) is 9.36. The minimum absolute atomic E-state index is 0.0270. The number of hydrogen-bond acceptors (Lipinski definition) is 7. The number of aliphatic imine (C=N–C) groups is 1. The molecule has 2 aliphatic rings. The maximum atomic E-state index is 13.9. The summed E-state index contributed by atoms with van der Waals surface area (Å²) in [4.78, 5) is 33.9. The van der Waals surface area contributed by atoms with Crippen molar-refractivity contribution in [2.24, 2.45) is 4.99 Å². The summed E-state index contributed by atoms with van der Waals surface area (Å²) < 4.78 is 61.6. The number of amides is 2. The van der Waals surface area contributed by atoms with Crippen molar-refractivity contribution in [1.29, 1.82) is 0 Å². The zero-order valence-corrected chi connectivity index (χ0v) is 20.4. The fourth-order valence-corrected chi connectivity index (χ4v) is 4.95. The van der Waals surface area contributed by atoms with E-state index >= 15 is 0 Å². The van der Waals surface area contributed by atoms with Crippen LogP contribution in [0.3, 0.4) is 0 Å². The number of benzene rings is 2. The lowest BCUT2D eigenvalue weighted by Gasteiger charge is -2.28. The van der Waals surface area contributed by atoms with Gasteiger partial charge in [-0.3, -0.25) is 19.4 Å². The Bertz CT molecular complexity index is 1150. The maximum Gasteiger partial charge on any atom is 0.387 e. The lowest BCUT2D eigenvalue weighted by molar-refractivity contribution is -0.128. The topological polar surface area (TPSA) is 83.5 Å². The Kier molecular flexibility index (Phi) is 9.00. The molecule has 37 heavy (non-hydrogen) atoms. The van der Waals surface area contributed by atoms with Crippen LogP contribution in [-0.4, -0.2) is 78.0 Å². The first kappa shape index (κ1) is 26.9. The van der Waals surface area contributed by atoms with Gasteiger partial charge in [0, 0.05) is 38.7 Å². The average Bonchev–Trinajstić information content (AvgIpc) is 3.14. The zero-order chi connectivity index (χ0) is 26.4. The molecule has 2 heterocycles. The molecule has 0 spiro atoms. The van der Waals surface area contributed by atoms with Crippen molar-refractivity contribution in [3.63, 3.8) is 0 Å². The lowest BCUT2D eigenvalue weighted by atomic mass is 10.2. The van der Waals surface area contributed by atoms with Crippen LogP contribution in [0.1, 0.15) is 6.42 Å². The first-order valence-corrected chi connectivity index (χ1v) is 12.3. The number of nitrogens with zero attached hydrogens (tertiary/aromatic N) is 3. The van der Waals surface area contributed by atoms with Gasteiger partial charge in [0.2, 0.25) is 11.8 Å². The van der Waals surface area contributed by atoms with Crippen LogP contribution in [0, 0.1) is 11.6 Å². The van der Waals surface area contributed by atoms with Gasteiger partial charge in [0.1, 0.15) is 22.6 Å². The largest absolute Gasteiger partial charge is 0.435 e. The van der Waals surface area contributed by atoms with Crippen LogP contribution in [0.4, 0.5) is 28.9 Å². The van der Waals surface area contributed by atoms with Crippen molar-refractivity contribution in [3.8, 4) is 5.75 Å². The number of carbonyl (C=O) groups excluding carboxylic acids is 2. The first-order valence-electron chi connectivity index (χ1n) is 11.4. The highest BCUT2D eigenvalue weighted by Gasteiger charge is 2.39. The van der Waals surface area contributed by atoms with E-state index in [2.05, 4.69) is 19.9 Å². The summed E-state index contributed by atoms with van der Waals surface area (Å²) >= 11 is 1.09. The van der Waals surface area contributed by atoms with Crippen LogP contribution in [0.2, 0.25) is 0 Å². The molecule has 2 aromatic rings. The van der Waals surface area contributed by atoms with Gasteiger partial charge in [-0.2, -0.15) is 8.78 Å². The van der Waals surface area contributed by atoms with E-state index < -0.39 is 29.4 Å². The molecule has 2 aliphatic heterocycles. The fraction of sp³-hybridized carbons (Fsp3) is 0.375. The smallest absolute Gasteiger partial charge is 0.387 e. The van der Waals surface area contributed by atoms with Crippen molar-refractivity contribution in [3.05, 3.63) is 54.1 Å². The minimum atomic E-state index is -2.95. The number of rotatable bonds is 9. The molecule has 8 nitrogen and oxygen atoms in total. The van der Waals surface area contributed by atoms with Crippen molar-refractivity contribution in [2.45, 2.75) is 18.3 Å². The Morgan fingerprint density at radius 3 is 2.54 bits per heavy atom. The second-order valence-electron chi connectivity index (χ2n) is 8.19. The number of hydrogen-bond donors (Lipinski definition) is 1. The van der Waals surface area contributed by atoms with Crippen LogP contribution in [0.5, 0.6) is 5.75 Å². The summed E-state index contributed by atoms with van der Waals surface area (Å²) in [6.45, 7) is 0.576. The number of halogens is 4. The van der Waals surface area contributed by atoms with Crippen LogP contribution in [0.25, 0.3) is 0 Å². The van der Waals surface area contributed by atoms with Gasteiger partial charge >= 0.3 is 6.61 Å². The standard InChI is InChI=1S/C24H24F4N4O4S/c25-15-1-6-19(18(26)13-15)30-21(33)14-20-22(34)32(8-7-31-9-11-35-12-10-31)24(37-20)29-16-2-4-17(5-3-16)36-23(27)28/h1-6,13,20,23H,7-12,14H2,(H,30,33)/t20-/m1/s1. The summed E-state index contributed by atoms with van der Waals surface area (Å²) in [6, 6.07) is 8.42.